The highest BCUT2D eigenvalue weighted by atomic mass is 28.4. The number of methoxy groups -OCH3 is 2. The summed E-state index contributed by atoms with van der Waals surface area (Å²) < 4.78 is 16.9. The monoisotopic (exact) mass is 490 g/mol. The Morgan fingerprint density at radius 3 is 2.44 bits per heavy atom. The second kappa shape index (κ2) is 7.98. The molecule has 1 aromatic carbocycles. The van der Waals surface area contributed by atoms with Crippen LogP contribution in [0.2, 0.25) is 18.1 Å². The van der Waals surface area contributed by atoms with Gasteiger partial charge in [0.1, 0.15) is 17.5 Å². The number of piperidine rings is 1. The zero-order valence-corrected chi connectivity index (χ0v) is 21.9. The Hall–Kier alpha value is -2.59. The second-order valence-electron chi connectivity index (χ2n) is 10.9. The molecule has 186 valence electrons. The molecule has 3 fully saturated rings. The van der Waals surface area contributed by atoms with Crippen molar-refractivity contribution in [1.82, 2.24) is 9.80 Å². The fraction of sp³-hybridized carbons (Fsp3) is 0.625. The van der Waals surface area contributed by atoms with E-state index in [1.807, 2.05) is 6.07 Å². The Labute approximate surface area is 201 Å². The Morgan fingerprint density at radius 1 is 1.21 bits per heavy atom. The SMILES string of the molecule is COc1ccc(CN2C(=O)[C@H]3N(C(=O)O)CC4C(C(=O)CO[Si](C)(C)C(C)(C)C)[C@]432)c(OC)c1. The van der Waals surface area contributed by atoms with Crippen molar-refractivity contribution >= 4 is 26.1 Å². The van der Waals surface area contributed by atoms with Gasteiger partial charge in [0.15, 0.2) is 14.1 Å². The number of carbonyl (C=O) groups is 3. The summed E-state index contributed by atoms with van der Waals surface area (Å²) in [6, 6.07) is 4.54. The molecule has 4 atom stereocenters. The van der Waals surface area contributed by atoms with Crippen molar-refractivity contribution in [2.24, 2.45) is 11.8 Å². The third kappa shape index (κ3) is 3.41. The Morgan fingerprint density at radius 2 is 1.88 bits per heavy atom. The molecule has 2 amide bonds. The molecule has 34 heavy (non-hydrogen) atoms. The number of likely N-dealkylation sites (tertiary alicyclic amines) is 2. The minimum absolute atomic E-state index is 0.00686. The van der Waals surface area contributed by atoms with Crippen molar-refractivity contribution in [3.63, 3.8) is 0 Å². The van der Waals surface area contributed by atoms with Crippen LogP contribution in [0.25, 0.3) is 0 Å². The summed E-state index contributed by atoms with van der Waals surface area (Å²) in [5.41, 5.74) is -0.0264. The average Bonchev–Trinajstić information content (AvgIpc) is 3.34. The number of Topliss-reactive ketones (excluding diaryl/α,β-unsaturated/α-hetero) is 1. The molecular formula is C24H34N2O7Si. The normalized spacial score (nSPS) is 27.6. The van der Waals surface area contributed by atoms with Crippen LogP contribution in [0.5, 0.6) is 11.5 Å². The second-order valence-corrected chi connectivity index (χ2v) is 15.7. The molecule has 1 spiro atoms. The summed E-state index contributed by atoms with van der Waals surface area (Å²) in [5.74, 6) is 0.240. The number of ether oxygens (including phenoxy) is 2. The number of benzene rings is 1. The van der Waals surface area contributed by atoms with E-state index in [1.165, 1.54) is 4.90 Å². The highest BCUT2D eigenvalue weighted by molar-refractivity contribution is 6.74. The highest BCUT2D eigenvalue weighted by Crippen LogP contribution is 2.68. The summed E-state index contributed by atoms with van der Waals surface area (Å²) in [6.45, 7) is 10.9. The largest absolute Gasteiger partial charge is 0.497 e. The van der Waals surface area contributed by atoms with Crippen molar-refractivity contribution < 1.29 is 33.4 Å². The van der Waals surface area contributed by atoms with Gasteiger partial charge < -0.3 is 23.9 Å². The van der Waals surface area contributed by atoms with Gasteiger partial charge in [-0.2, -0.15) is 0 Å². The van der Waals surface area contributed by atoms with Crippen LogP contribution in [0.1, 0.15) is 26.3 Å². The van der Waals surface area contributed by atoms with E-state index in [2.05, 4.69) is 33.9 Å². The van der Waals surface area contributed by atoms with E-state index in [4.69, 9.17) is 13.9 Å². The number of β-lactam (4-membered cyclic amide) rings is 1. The summed E-state index contributed by atoms with van der Waals surface area (Å²) >= 11 is 0. The Kier molecular flexibility index (Phi) is 5.76. The van der Waals surface area contributed by atoms with Crippen molar-refractivity contribution in [2.45, 2.75) is 57.0 Å². The lowest BCUT2D eigenvalue weighted by molar-refractivity contribution is -0.161. The molecule has 1 aliphatic carbocycles. The van der Waals surface area contributed by atoms with Gasteiger partial charge in [-0.1, -0.05) is 20.8 Å². The minimum Gasteiger partial charge on any atom is -0.497 e. The maximum atomic E-state index is 13.3. The predicted octanol–water partition coefficient (Wildman–Crippen LogP) is 2.98. The zero-order valence-electron chi connectivity index (χ0n) is 20.9. The van der Waals surface area contributed by atoms with Crippen molar-refractivity contribution in [3.8, 4) is 11.5 Å². The van der Waals surface area contributed by atoms with Gasteiger partial charge in [-0.15, -0.1) is 0 Å². The Bertz CT molecular complexity index is 1040. The number of carboxylic acid groups (broad SMARTS) is 1. The molecule has 2 unspecified atom stereocenters. The molecular weight excluding hydrogens is 456 g/mol. The summed E-state index contributed by atoms with van der Waals surface area (Å²) in [6.07, 6.45) is -1.13. The zero-order chi connectivity index (χ0) is 25.2. The van der Waals surface area contributed by atoms with Crippen LogP contribution in [0.3, 0.4) is 0 Å². The summed E-state index contributed by atoms with van der Waals surface area (Å²) in [5, 5.41) is 9.61. The summed E-state index contributed by atoms with van der Waals surface area (Å²) in [4.78, 5) is 41.1. The molecule has 0 bridgehead atoms. The topological polar surface area (TPSA) is 106 Å². The number of hydrogen-bond donors (Lipinski definition) is 1. The van der Waals surface area contributed by atoms with Gasteiger partial charge in [-0.05, 0) is 30.3 Å². The summed E-state index contributed by atoms with van der Waals surface area (Å²) in [7, 11) is 0.984. The maximum absolute atomic E-state index is 13.3. The van der Waals surface area contributed by atoms with Crippen LogP contribution in [0.4, 0.5) is 4.79 Å². The highest BCUT2D eigenvalue weighted by Gasteiger charge is 2.87. The molecule has 1 aromatic rings. The van der Waals surface area contributed by atoms with Crippen LogP contribution in [0.15, 0.2) is 18.2 Å². The van der Waals surface area contributed by atoms with E-state index >= 15 is 0 Å². The van der Waals surface area contributed by atoms with E-state index < -0.39 is 31.9 Å². The Balaban J connectivity index is 1.58. The van der Waals surface area contributed by atoms with E-state index in [1.54, 1.807) is 31.3 Å². The number of hydrogen-bond acceptors (Lipinski definition) is 6. The van der Waals surface area contributed by atoms with E-state index in [0.29, 0.717) is 11.5 Å². The third-order valence-corrected chi connectivity index (χ3v) is 12.8. The molecule has 1 N–H and O–H groups in total. The first-order valence-corrected chi connectivity index (χ1v) is 14.4. The molecule has 2 aliphatic heterocycles. The smallest absolute Gasteiger partial charge is 0.408 e. The number of amides is 2. The molecule has 1 saturated carbocycles. The number of nitrogens with zero attached hydrogens (tertiary/aromatic N) is 2. The van der Waals surface area contributed by atoms with Crippen molar-refractivity contribution in [1.29, 1.82) is 0 Å². The van der Waals surface area contributed by atoms with Crippen LogP contribution < -0.4 is 9.47 Å². The van der Waals surface area contributed by atoms with E-state index in [9.17, 15) is 19.5 Å². The average molecular weight is 491 g/mol. The first kappa shape index (κ1) is 24.5. The van der Waals surface area contributed by atoms with E-state index in [0.717, 1.165) is 5.56 Å². The van der Waals surface area contributed by atoms with Crippen LogP contribution >= 0.6 is 0 Å². The third-order valence-electron chi connectivity index (χ3n) is 8.29. The number of rotatable bonds is 8. The van der Waals surface area contributed by atoms with Crippen molar-refractivity contribution in [3.05, 3.63) is 23.8 Å². The number of ketones is 1. The van der Waals surface area contributed by atoms with Crippen molar-refractivity contribution in [2.75, 3.05) is 27.4 Å². The first-order chi connectivity index (χ1) is 15.8. The van der Waals surface area contributed by atoms with Gasteiger partial charge in [-0.25, -0.2) is 4.79 Å². The standard InChI is InChI=1S/C24H34N2O7Si/c1-23(2,3)34(6,7)33-13-17(27)19-16-12-25(22(29)30)20-21(28)26(24(16,19)20)11-14-8-9-15(31-4)10-18(14)32-5/h8-10,16,19-20H,11-13H2,1-7H3,(H,29,30)/t16?,19?,20-,24-/m1/s1. The fourth-order valence-electron chi connectivity index (χ4n) is 5.37. The van der Waals surface area contributed by atoms with Gasteiger partial charge in [0.2, 0.25) is 5.91 Å². The number of carbonyl (C=O) groups excluding carboxylic acids is 2. The minimum atomic E-state index is -2.12. The predicted molar refractivity (Wildman–Crippen MR) is 126 cm³/mol. The molecule has 0 aromatic heterocycles. The quantitative estimate of drug-likeness (QED) is 0.441. The maximum Gasteiger partial charge on any atom is 0.408 e. The van der Waals surface area contributed by atoms with Gasteiger partial charge in [0.05, 0.1) is 38.8 Å². The molecule has 2 saturated heterocycles. The lowest BCUT2D eigenvalue weighted by Gasteiger charge is -2.49. The van der Waals surface area contributed by atoms with Gasteiger partial charge in [0, 0.05) is 24.1 Å². The molecule has 0 radical (unpaired) electrons. The molecule has 4 rings (SSSR count). The lowest BCUT2D eigenvalue weighted by Crippen LogP contribution is -2.72. The van der Waals surface area contributed by atoms with Gasteiger partial charge in [-0.3, -0.25) is 14.5 Å². The lowest BCUT2D eigenvalue weighted by atomic mass is 9.87. The van der Waals surface area contributed by atoms with E-state index in [-0.39, 0.29) is 42.3 Å². The van der Waals surface area contributed by atoms with Crippen LogP contribution in [0, 0.1) is 11.8 Å². The van der Waals surface area contributed by atoms with Gasteiger partial charge in [0.25, 0.3) is 0 Å². The molecule has 2 heterocycles. The molecule has 9 nitrogen and oxygen atoms in total. The fourth-order valence-corrected chi connectivity index (χ4v) is 6.31. The van der Waals surface area contributed by atoms with Crippen LogP contribution in [-0.2, 0) is 20.6 Å². The molecule has 3 aliphatic rings. The van der Waals surface area contributed by atoms with Gasteiger partial charge >= 0.3 is 6.09 Å². The van der Waals surface area contributed by atoms with Crippen LogP contribution in [-0.4, -0.2) is 80.0 Å². The molecule has 10 heteroatoms. The first-order valence-electron chi connectivity index (χ1n) is 11.5.